The van der Waals surface area contributed by atoms with Gasteiger partial charge in [-0.1, -0.05) is 12.1 Å². The van der Waals surface area contributed by atoms with Crippen molar-refractivity contribution in [3.05, 3.63) is 99.4 Å². The SMILES string of the molecule is O=C(Nc1cccc(Cn2cc(Br)cn2)c1)c1ccc(COc2c(F)c(F)c(F)c(F)c2F)o1. The van der Waals surface area contributed by atoms with Crippen molar-refractivity contribution in [3.63, 3.8) is 0 Å². The number of hydrogen-bond donors (Lipinski definition) is 1. The molecule has 0 radical (unpaired) electrons. The number of carbonyl (C=O) groups excluding carboxylic acids is 1. The molecule has 12 heteroatoms. The van der Waals surface area contributed by atoms with Crippen LogP contribution in [0.3, 0.4) is 0 Å². The van der Waals surface area contributed by atoms with Crippen LogP contribution in [-0.4, -0.2) is 15.7 Å². The molecule has 0 atom stereocenters. The summed E-state index contributed by atoms with van der Waals surface area (Å²) in [4.78, 5) is 12.5. The lowest BCUT2D eigenvalue weighted by atomic mass is 10.2. The van der Waals surface area contributed by atoms with Crippen LogP contribution in [0.1, 0.15) is 21.9 Å². The largest absolute Gasteiger partial charge is 0.479 e. The molecule has 4 aromatic rings. The molecular weight excluding hydrogens is 529 g/mol. The molecule has 6 nitrogen and oxygen atoms in total. The van der Waals surface area contributed by atoms with Gasteiger partial charge in [0, 0.05) is 11.9 Å². The number of benzene rings is 2. The summed E-state index contributed by atoms with van der Waals surface area (Å²) in [5.74, 6) is -13.1. The summed E-state index contributed by atoms with van der Waals surface area (Å²) in [5, 5.41) is 6.81. The third-order valence-electron chi connectivity index (χ3n) is 4.54. The average Bonchev–Trinajstić information content (AvgIpc) is 3.45. The zero-order valence-electron chi connectivity index (χ0n) is 16.9. The minimum atomic E-state index is -2.29. The van der Waals surface area contributed by atoms with Crippen molar-refractivity contribution in [2.75, 3.05) is 5.32 Å². The molecule has 0 aliphatic carbocycles. The van der Waals surface area contributed by atoms with E-state index in [0.29, 0.717) is 12.2 Å². The highest BCUT2D eigenvalue weighted by Gasteiger charge is 2.27. The van der Waals surface area contributed by atoms with Crippen LogP contribution in [0.15, 0.2) is 57.7 Å². The maximum absolute atomic E-state index is 13.7. The number of anilines is 1. The van der Waals surface area contributed by atoms with Gasteiger partial charge in [-0.15, -0.1) is 0 Å². The third kappa shape index (κ3) is 4.96. The van der Waals surface area contributed by atoms with E-state index < -0.39 is 47.3 Å². The first kappa shape index (κ1) is 23.5. The summed E-state index contributed by atoms with van der Waals surface area (Å²) < 4.78 is 79.6. The minimum absolute atomic E-state index is 0.0768. The normalized spacial score (nSPS) is 11.0. The smallest absolute Gasteiger partial charge is 0.291 e. The Bertz CT molecular complexity index is 1340. The van der Waals surface area contributed by atoms with Crippen molar-refractivity contribution >= 4 is 27.5 Å². The Hall–Kier alpha value is -3.67. The van der Waals surface area contributed by atoms with Crippen molar-refractivity contribution in [1.29, 1.82) is 0 Å². The first-order valence-corrected chi connectivity index (χ1v) is 10.3. The molecule has 0 fully saturated rings. The fourth-order valence-electron chi connectivity index (χ4n) is 2.98. The summed E-state index contributed by atoms with van der Waals surface area (Å²) in [6.07, 6.45) is 3.44. The lowest BCUT2D eigenvalue weighted by Gasteiger charge is -2.09. The van der Waals surface area contributed by atoms with E-state index in [2.05, 4.69) is 26.3 Å². The van der Waals surface area contributed by atoms with E-state index in [4.69, 9.17) is 9.15 Å². The maximum atomic E-state index is 13.7. The Labute approximate surface area is 197 Å². The molecule has 2 heterocycles. The van der Waals surface area contributed by atoms with Crippen LogP contribution in [0.5, 0.6) is 5.75 Å². The molecule has 0 spiro atoms. The lowest BCUT2D eigenvalue weighted by Crippen LogP contribution is -2.11. The summed E-state index contributed by atoms with van der Waals surface area (Å²) in [5.41, 5.74) is 1.34. The van der Waals surface area contributed by atoms with Crippen LogP contribution in [0, 0.1) is 29.1 Å². The number of ether oxygens (including phenoxy) is 1. The Morgan fingerprint density at radius 1 is 1.03 bits per heavy atom. The van der Waals surface area contributed by atoms with Gasteiger partial charge >= 0.3 is 0 Å². The summed E-state index contributed by atoms with van der Waals surface area (Å²) >= 11 is 3.32. The van der Waals surface area contributed by atoms with E-state index in [-0.39, 0.29) is 11.5 Å². The second kappa shape index (κ2) is 9.67. The quantitative estimate of drug-likeness (QED) is 0.182. The highest BCUT2D eigenvalue weighted by atomic mass is 79.9. The second-order valence-corrected chi connectivity index (χ2v) is 7.88. The zero-order valence-corrected chi connectivity index (χ0v) is 18.5. The van der Waals surface area contributed by atoms with Crippen LogP contribution in [0.4, 0.5) is 27.6 Å². The van der Waals surface area contributed by atoms with Gasteiger partial charge in [0.05, 0.1) is 17.2 Å². The molecule has 0 saturated heterocycles. The van der Waals surface area contributed by atoms with Crippen molar-refractivity contribution in [2.24, 2.45) is 0 Å². The van der Waals surface area contributed by atoms with Gasteiger partial charge < -0.3 is 14.5 Å². The van der Waals surface area contributed by atoms with Gasteiger partial charge in [-0.05, 0) is 45.8 Å². The number of aromatic nitrogens is 2. The number of carbonyl (C=O) groups is 1. The fourth-order valence-corrected chi connectivity index (χ4v) is 3.31. The van der Waals surface area contributed by atoms with E-state index in [1.807, 2.05) is 6.07 Å². The molecule has 1 amide bonds. The number of amides is 1. The molecule has 0 aliphatic heterocycles. The zero-order chi connectivity index (χ0) is 24.4. The summed E-state index contributed by atoms with van der Waals surface area (Å²) in [7, 11) is 0. The van der Waals surface area contributed by atoms with Crippen LogP contribution >= 0.6 is 15.9 Å². The number of rotatable bonds is 7. The fraction of sp³-hybridized carbons (Fsp3) is 0.0909. The van der Waals surface area contributed by atoms with Gasteiger partial charge in [-0.3, -0.25) is 9.48 Å². The summed E-state index contributed by atoms with van der Waals surface area (Å²) in [6, 6.07) is 9.55. The molecule has 34 heavy (non-hydrogen) atoms. The van der Waals surface area contributed by atoms with Crippen molar-refractivity contribution in [2.45, 2.75) is 13.2 Å². The predicted molar refractivity (Wildman–Crippen MR) is 113 cm³/mol. The van der Waals surface area contributed by atoms with Crippen molar-refractivity contribution < 1.29 is 35.9 Å². The van der Waals surface area contributed by atoms with Crippen molar-refractivity contribution in [3.8, 4) is 5.75 Å². The van der Waals surface area contributed by atoms with Gasteiger partial charge in [-0.25, -0.2) is 13.2 Å². The van der Waals surface area contributed by atoms with E-state index in [1.165, 1.54) is 12.1 Å². The minimum Gasteiger partial charge on any atom is -0.479 e. The molecule has 0 unspecified atom stereocenters. The Kier molecular flexibility index (Phi) is 6.68. The number of nitrogens with zero attached hydrogens (tertiary/aromatic N) is 2. The number of nitrogens with one attached hydrogen (secondary N) is 1. The van der Waals surface area contributed by atoms with Crippen LogP contribution < -0.4 is 10.1 Å². The van der Waals surface area contributed by atoms with Gasteiger partial charge in [-0.2, -0.15) is 13.9 Å². The van der Waals surface area contributed by atoms with Gasteiger partial charge in [0.2, 0.25) is 29.1 Å². The number of furan rings is 1. The highest BCUT2D eigenvalue weighted by Crippen LogP contribution is 2.30. The first-order chi connectivity index (χ1) is 16.2. The van der Waals surface area contributed by atoms with E-state index in [9.17, 15) is 26.7 Å². The average molecular weight is 542 g/mol. The summed E-state index contributed by atoms with van der Waals surface area (Å²) in [6.45, 7) is -0.213. The standard InChI is InChI=1S/C22H13BrF5N3O3/c23-12-7-29-31(9-12)8-11-2-1-3-13(6-11)30-22(32)15-5-4-14(34-15)10-33-21-19(27)17(25)16(24)18(26)20(21)28/h1-7,9H,8,10H2,(H,30,32). The van der Waals surface area contributed by atoms with Gasteiger partial charge in [0.1, 0.15) is 12.4 Å². The Balaban J connectivity index is 1.41. The molecule has 0 saturated carbocycles. The maximum Gasteiger partial charge on any atom is 0.291 e. The van der Waals surface area contributed by atoms with Gasteiger partial charge in [0.15, 0.2) is 11.5 Å². The second-order valence-electron chi connectivity index (χ2n) is 6.96. The molecule has 0 aliphatic rings. The molecular formula is C22H13BrF5N3O3. The van der Waals surface area contributed by atoms with Crippen molar-refractivity contribution in [1.82, 2.24) is 9.78 Å². The molecule has 0 bridgehead atoms. The monoisotopic (exact) mass is 541 g/mol. The molecule has 2 aromatic carbocycles. The van der Waals surface area contributed by atoms with Gasteiger partial charge in [0.25, 0.3) is 5.91 Å². The predicted octanol–water partition coefficient (Wildman–Crippen LogP) is 5.81. The van der Waals surface area contributed by atoms with E-state index in [1.54, 1.807) is 35.3 Å². The lowest BCUT2D eigenvalue weighted by molar-refractivity contribution is 0.0992. The molecule has 176 valence electrons. The first-order valence-electron chi connectivity index (χ1n) is 9.54. The highest BCUT2D eigenvalue weighted by molar-refractivity contribution is 9.10. The van der Waals surface area contributed by atoms with E-state index in [0.717, 1.165) is 10.0 Å². The third-order valence-corrected chi connectivity index (χ3v) is 4.95. The van der Waals surface area contributed by atoms with E-state index >= 15 is 0 Å². The van der Waals surface area contributed by atoms with Crippen LogP contribution in [-0.2, 0) is 13.2 Å². The topological polar surface area (TPSA) is 69.3 Å². The number of halogens is 6. The van der Waals surface area contributed by atoms with Crippen LogP contribution in [0.2, 0.25) is 0 Å². The Morgan fingerprint density at radius 3 is 2.41 bits per heavy atom. The number of hydrogen-bond acceptors (Lipinski definition) is 4. The molecule has 2 aromatic heterocycles. The van der Waals surface area contributed by atoms with Crippen LogP contribution in [0.25, 0.3) is 0 Å². The molecule has 1 N–H and O–H groups in total. The molecule has 4 rings (SSSR count). The Morgan fingerprint density at radius 2 is 1.74 bits per heavy atom.